The van der Waals surface area contributed by atoms with Gasteiger partial charge in [-0.05, 0) is 74.8 Å². The predicted octanol–water partition coefficient (Wildman–Crippen LogP) is 5.74. The Morgan fingerprint density at radius 2 is 1.87 bits per heavy atom. The van der Waals surface area contributed by atoms with Crippen molar-refractivity contribution in [3.8, 4) is 17.6 Å². The lowest BCUT2D eigenvalue weighted by Crippen LogP contribution is -2.22. The van der Waals surface area contributed by atoms with Crippen molar-refractivity contribution in [1.29, 1.82) is 0 Å². The van der Waals surface area contributed by atoms with Crippen molar-refractivity contribution in [2.75, 3.05) is 34.0 Å². The first-order valence-corrected chi connectivity index (χ1v) is 13.5. The second-order valence-corrected chi connectivity index (χ2v) is 9.10. The van der Waals surface area contributed by atoms with Crippen LogP contribution < -0.4 is 4.74 Å². The van der Waals surface area contributed by atoms with Gasteiger partial charge in [0.05, 0.1) is 26.4 Å². The molecule has 0 aromatic heterocycles. The largest absolute Gasteiger partial charge is 0.493 e. The minimum atomic E-state index is -0.454. The van der Waals surface area contributed by atoms with Gasteiger partial charge in [-0.3, -0.25) is 0 Å². The highest BCUT2D eigenvalue weighted by Gasteiger charge is 2.13. The van der Waals surface area contributed by atoms with E-state index in [4.69, 9.17) is 23.7 Å². The van der Waals surface area contributed by atoms with Crippen LogP contribution in [-0.4, -0.2) is 52.3 Å². The first kappa shape index (κ1) is 29.9. The summed E-state index contributed by atoms with van der Waals surface area (Å²) in [5, 5.41) is 0. The highest BCUT2D eigenvalue weighted by molar-refractivity contribution is 5.91. The molecule has 1 unspecified atom stereocenters. The molecule has 0 N–H and O–H groups in total. The number of hydrogen-bond acceptors (Lipinski definition) is 7. The third-order valence-electron chi connectivity index (χ3n) is 6.28. The van der Waals surface area contributed by atoms with Gasteiger partial charge in [-0.1, -0.05) is 36.1 Å². The van der Waals surface area contributed by atoms with Gasteiger partial charge in [-0.15, -0.1) is 0 Å². The van der Waals surface area contributed by atoms with E-state index in [1.807, 2.05) is 36.4 Å². The fourth-order valence-electron chi connectivity index (χ4n) is 4.19. The Labute approximate surface area is 231 Å². The third-order valence-corrected chi connectivity index (χ3v) is 6.28. The van der Waals surface area contributed by atoms with E-state index in [1.54, 1.807) is 12.1 Å². The average Bonchev–Trinajstić information content (AvgIpc) is 2.98. The molecule has 0 radical (unpaired) electrons. The smallest absolute Gasteiger partial charge is 0.338 e. The standard InChI is InChI=1S/C32H38O7/c1-35-30(33)21-20-27-25(13-5-3-4-9-22-38-31-19-8-10-23-39-31)15-11-18-29(27)37-24-12-16-26-14-6-7-17-28(26)32(34)36-2/h6-7,11,14-15,17-18,20-21,31H,3-4,8-10,12,16,19,22-24H2,1-2H3/b21-20+. The molecule has 39 heavy (non-hydrogen) atoms. The van der Waals surface area contributed by atoms with Crippen LogP contribution in [0.5, 0.6) is 5.75 Å². The molecule has 0 bridgehead atoms. The summed E-state index contributed by atoms with van der Waals surface area (Å²) in [5.41, 5.74) is 2.97. The summed E-state index contributed by atoms with van der Waals surface area (Å²) in [4.78, 5) is 23.8. The minimum Gasteiger partial charge on any atom is -0.493 e. The summed E-state index contributed by atoms with van der Waals surface area (Å²) >= 11 is 0. The molecule has 2 aromatic rings. The van der Waals surface area contributed by atoms with Gasteiger partial charge >= 0.3 is 11.9 Å². The Kier molecular flexibility index (Phi) is 13.1. The average molecular weight is 535 g/mol. The molecule has 2 aromatic carbocycles. The Balaban J connectivity index is 1.57. The molecule has 3 rings (SSSR count). The van der Waals surface area contributed by atoms with E-state index in [0.29, 0.717) is 37.4 Å². The molecule has 0 spiro atoms. The first-order chi connectivity index (χ1) is 19.1. The minimum absolute atomic E-state index is 0.0562. The lowest BCUT2D eigenvalue weighted by Gasteiger charge is -2.22. The van der Waals surface area contributed by atoms with Crippen LogP contribution in [0.15, 0.2) is 48.5 Å². The van der Waals surface area contributed by atoms with Crippen LogP contribution in [0.25, 0.3) is 6.08 Å². The van der Waals surface area contributed by atoms with Crippen LogP contribution >= 0.6 is 0 Å². The Morgan fingerprint density at radius 1 is 1.00 bits per heavy atom. The summed E-state index contributed by atoms with van der Waals surface area (Å²) in [5.74, 6) is 6.29. The van der Waals surface area contributed by atoms with E-state index in [1.165, 1.54) is 20.3 Å². The zero-order valence-electron chi connectivity index (χ0n) is 22.9. The maximum Gasteiger partial charge on any atom is 0.338 e. The van der Waals surface area contributed by atoms with E-state index in [2.05, 4.69) is 11.8 Å². The fraction of sp³-hybridized carbons (Fsp3) is 0.438. The van der Waals surface area contributed by atoms with Gasteiger partial charge < -0.3 is 23.7 Å². The van der Waals surface area contributed by atoms with Gasteiger partial charge in [0.2, 0.25) is 0 Å². The lowest BCUT2D eigenvalue weighted by molar-refractivity contribution is -0.162. The normalized spacial score (nSPS) is 14.9. The molecule has 1 saturated heterocycles. The van der Waals surface area contributed by atoms with Gasteiger partial charge in [0, 0.05) is 36.8 Å². The molecule has 1 heterocycles. The van der Waals surface area contributed by atoms with Crippen LogP contribution in [0.4, 0.5) is 0 Å². The number of methoxy groups -OCH3 is 2. The highest BCUT2D eigenvalue weighted by atomic mass is 16.7. The number of unbranched alkanes of at least 4 members (excludes halogenated alkanes) is 2. The molecule has 7 heteroatoms. The summed E-state index contributed by atoms with van der Waals surface area (Å²) < 4.78 is 27.1. The predicted molar refractivity (Wildman–Crippen MR) is 149 cm³/mol. The number of ether oxygens (including phenoxy) is 5. The molecule has 208 valence electrons. The molecule has 7 nitrogen and oxygen atoms in total. The molecule has 0 amide bonds. The van der Waals surface area contributed by atoms with Crippen LogP contribution in [0.1, 0.15) is 72.0 Å². The van der Waals surface area contributed by atoms with E-state index >= 15 is 0 Å². The van der Waals surface area contributed by atoms with Crippen molar-refractivity contribution in [3.05, 3.63) is 70.8 Å². The highest BCUT2D eigenvalue weighted by Crippen LogP contribution is 2.25. The molecular formula is C32H38O7. The van der Waals surface area contributed by atoms with Gasteiger partial charge in [0.15, 0.2) is 6.29 Å². The number of carbonyl (C=O) groups excluding carboxylic acids is 2. The van der Waals surface area contributed by atoms with E-state index in [9.17, 15) is 9.59 Å². The summed E-state index contributed by atoms with van der Waals surface area (Å²) in [6, 6.07) is 13.1. The topological polar surface area (TPSA) is 80.3 Å². The van der Waals surface area contributed by atoms with Crippen molar-refractivity contribution in [2.45, 2.75) is 57.7 Å². The van der Waals surface area contributed by atoms with Crippen molar-refractivity contribution >= 4 is 18.0 Å². The Bertz CT molecular complexity index is 1150. The van der Waals surface area contributed by atoms with E-state index in [0.717, 1.165) is 61.8 Å². The second kappa shape index (κ2) is 17.1. The summed E-state index contributed by atoms with van der Waals surface area (Å²) in [7, 11) is 2.72. The Morgan fingerprint density at radius 3 is 2.67 bits per heavy atom. The van der Waals surface area contributed by atoms with Crippen molar-refractivity contribution in [1.82, 2.24) is 0 Å². The maximum absolute atomic E-state index is 12.0. The molecule has 0 aliphatic carbocycles. The molecule has 1 atom stereocenters. The quantitative estimate of drug-likeness (QED) is 0.140. The zero-order chi connectivity index (χ0) is 27.7. The van der Waals surface area contributed by atoms with Crippen LogP contribution in [0.3, 0.4) is 0 Å². The summed E-state index contributed by atoms with van der Waals surface area (Å²) in [6.45, 7) is 1.89. The van der Waals surface area contributed by atoms with Gasteiger partial charge in [0.1, 0.15) is 5.75 Å². The second-order valence-electron chi connectivity index (χ2n) is 9.10. The van der Waals surface area contributed by atoms with Crippen molar-refractivity contribution < 1.29 is 33.3 Å². The number of aryl methyl sites for hydroxylation is 1. The lowest BCUT2D eigenvalue weighted by atomic mass is 10.0. The monoisotopic (exact) mass is 534 g/mol. The molecule has 0 saturated carbocycles. The third kappa shape index (κ3) is 10.2. The molecule has 1 aliphatic rings. The zero-order valence-corrected chi connectivity index (χ0v) is 22.9. The molecule has 1 aliphatic heterocycles. The van der Waals surface area contributed by atoms with Gasteiger partial charge in [-0.25, -0.2) is 9.59 Å². The number of esters is 2. The number of carbonyl (C=O) groups is 2. The number of rotatable bonds is 13. The SMILES string of the molecule is COC(=O)/C=C/c1c(C#CCCCCOC2CCCCO2)cccc1OCCCc1ccccc1C(=O)OC. The first-order valence-electron chi connectivity index (χ1n) is 13.5. The van der Waals surface area contributed by atoms with Crippen LogP contribution in [0.2, 0.25) is 0 Å². The summed E-state index contributed by atoms with van der Waals surface area (Å²) in [6.07, 6.45) is 10.2. The van der Waals surface area contributed by atoms with Crippen LogP contribution in [-0.2, 0) is 30.2 Å². The van der Waals surface area contributed by atoms with Crippen molar-refractivity contribution in [2.24, 2.45) is 0 Å². The molecule has 1 fully saturated rings. The number of benzene rings is 2. The number of hydrogen-bond donors (Lipinski definition) is 0. The molecular weight excluding hydrogens is 496 g/mol. The fourth-order valence-corrected chi connectivity index (χ4v) is 4.19. The van der Waals surface area contributed by atoms with Crippen molar-refractivity contribution in [3.63, 3.8) is 0 Å². The van der Waals surface area contributed by atoms with Gasteiger partial charge in [0.25, 0.3) is 0 Å². The van der Waals surface area contributed by atoms with E-state index < -0.39 is 5.97 Å². The van der Waals surface area contributed by atoms with Gasteiger partial charge in [-0.2, -0.15) is 0 Å². The Hall–Kier alpha value is -3.60. The maximum atomic E-state index is 12.0. The van der Waals surface area contributed by atoms with Crippen LogP contribution in [0, 0.1) is 11.8 Å². The van der Waals surface area contributed by atoms with E-state index in [-0.39, 0.29) is 12.3 Å².